The molecule has 4 N–H and O–H groups in total. The van der Waals surface area contributed by atoms with Crippen LogP contribution in [0.15, 0.2) is 59.7 Å². The first kappa shape index (κ1) is 31.9. The molecule has 0 saturated heterocycles. The quantitative estimate of drug-likeness (QED) is 0.128. The second kappa shape index (κ2) is 13.5. The molecule has 7 nitrogen and oxygen atoms in total. The van der Waals surface area contributed by atoms with Crippen LogP contribution in [0.2, 0.25) is 0 Å². The van der Waals surface area contributed by atoms with Crippen LogP contribution in [0.4, 0.5) is 23.2 Å². The molecule has 4 rings (SSSR count). The Kier molecular flexibility index (Phi) is 9.77. The molecule has 1 fully saturated rings. The van der Waals surface area contributed by atoms with Crippen LogP contribution in [0.1, 0.15) is 64.1 Å². The highest BCUT2D eigenvalue weighted by atomic mass is 19.2. The minimum Gasteiger partial charge on any atom is -0.398 e. The van der Waals surface area contributed by atoms with Gasteiger partial charge in [0.15, 0.2) is 29.1 Å². The molecule has 0 atom stereocenters. The summed E-state index contributed by atoms with van der Waals surface area (Å²) in [4.78, 5) is 41.4. The second-order valence-corrected chi connectivity index (χ2v) is 10.2. The lowest BCUT2D eigenvalue weighted by Gasteiger charge is -2.27. The Hall–Kier alpha value is -5.06. The van der Waals surface area contributed by atoms with E-state index in [1.54, 1.807) is 4.90 Å². The predicted octanol–water partition coefficient (Wildman–Crippen LogP) is 5.93. The van der Waals surface area contributed by atoms with Gasteiger partial charge in [0.05, 0.1) is 16.8 Å². The number of ketones is 1. The third kappa shape index (κ3) is 6.77. The number of hydrogen-bond donors (Lipinski definition) is 3. The van der Waals surface area contributed by atoms with Gasteiger partial charge in [0.25, 0.3) is 11.8 Å². The summed E-state index contributed by atoms with van der Waals surface area (Å²) in [5.74, 6) is -5.76. The van der Waals surface area contributed by atoms with Crippen LogP contribution in [0.5, 0.6) is 0 Å². The molecule has 3 aromatic rings. The van der Waals surface area contributed by atoms with Gasteiger partial charge in [0.1, 0.15) is 0 Å². The van der Waals surface area contributed by atoms with E-state index in [1.807, 2.05) is 13.8 Å². The van der Waals surface area contributed by atoms with Gasteiger partial charge < -0.3 is 21.4 Å². The average molecular weight is 607 g/mol. The van der Waals surface area contributed by atoms with Gasteiger partial charge in [-0.1, -0.05) is 12.1 Å². The molecule has 0 bridgehead atoms. The van der Waals surface area contributed by atoms with Crippen molar-refractivity contribution in [2.45, 2.75) is 32.7 Å². The molecule has 11 heteroatoms. The molecule has 1 saturated carbocycles. The van der Waals surface area contributed by atoms with Crippen LogP contribution in [-0.2, 0) is 4.79 Å². The van der Waals surface area contributed by atoms with Crippen molar-refractivity contribution < 1.29 is 31.9 Å². The van der Waals surface area contributed by atoms with Crippen molar-refractivity contribution in [2.24, 2.45) is 0 Å². The van der Waals surface area contributed by atoms with Gasteiger partial charge in [-0.2, -0.15) is 0 Å². The molecule has 0 unspecified atom stereocenters. The molecule has 2 amide bonds. The molecule has 228 valence electrons. The Morgan fingerprint density at radius 1 is 0.864 bits per heavy atom. The van der Waals surface area contributed by atoms with Gasteiger partial charge >= 0.3 is 0 Å². The molecule has 1 aliphatic carbocycles. The summed E-state index contributed by atoms with van der Waals surface area (Å²) >= 11 is 0. The number of rotatable bonds is 8. The fraction of sp³-hybridized carbons (Fsp3) is 0.212. The SMILES string of the molecule is CCN(CC)C(=O)c1ccc(C(=O)NC2C/C(=C\c3ccc(F)c(F)c3)C(=O)/C(=C/c3ccc(F)c(F)c3)C2)c(N)c1C=N. The third-order valence-corrected chi connectivity index (χ3v) is 7.38. The molecule has 0 heterocycles. The smallest absolute Gasteiger partial charge is 0.254 e. The normalized spacial score (nSPS) is 16.7. The first-order valence-electron chi connectivity index (χ1n) is 13.9. The number of anilines is 1. The lowest BCUT2D eigenvalue weighted by molar-refractivity contribution is -0.113. The molecule has 0 radical (unpaired) electrons. The Bertz CT molecular complexity index is 1640. The van der Waals surface area contributed by atoms with Crippen molar-refractivity contribution in [1.29, 1.82) is 5.41 Å². The van der Waals surface area contributed by atoms with Crippen LogP contribution >= 0.6 is 0 Å². The molecule has 0 aliphatic heterocycles. The van der Waals surface area contributed by atoms with E-state index in [0.29, 0.717) is 13.1 Å². The van der Waals surface area contributed by atoms with Crippen LogP contribution in [-0.4, -0.2) is 47.8 Å². The summed E-state index contributed by atoms with van der Waals surface area (Å²) < 4.78 is 54.8. The minimum atomic E-state index is -1.11. The van der Waals surface area contributed by atoms with Crippen molar-refractivity contribution in [2.75, 3.05) is 18.8 Å². The maximum atomic E-state index is 13.9. The fourth-order valence-electron chi connectivity index (χ4n) is 5.07. The van der Waals surface area contributed by atoms with Gasteiger partial charge in [0, 0.05) is 42.1 Å². The van der Waals surface area contributed by atoms with Gasteiger partial charge in [0.2, 0.25) is 0 Å². The van der Waals surface area contributed by atoms with E-state index in [-0.39, 0.29) is 63.4 Å². The maximum Gasteiger partial charge on any atom is 0.254 e. The monoisotopic (exact) mass is 606 g/mol. The highest BCUT2D eigenvalue weighted by Gasteiger charge is 2.30. The number of carbonyl (C=O) groups excluding carboxylic acids is 3. The van der Waals surface area contributed by atoms with E-state index in [0.717, 1.165) is 30.5 Å². The lowest BCUT2D eigenvalue weighted by atomic mass is 9.83. The zero-order chi connectivity index (χ0) is 32.1. The van der Waals surface area contributed by atoms with E-state index >= 15 is 0 Å². The topological polar surface area (TPSA) is 116 Å². The highest BCUT2D eigenvalue weighted by molar-refractivity contribution is 6.15. The van der Waals surface area contributed by atoms with Crippen LogP contribution in [0.3, 0.4) is 0 Å². The molecular weight excluding hydrogens is 576 g/mol. The summed E-state index contributed by atoms with van der Waals surface area (Å²) in [7, 11) is 0. The van der Waals surface area contributed by atoms with Crippen LogP contribution in [0, 0.1) is 28.7 Å². The summed E-state index contributed by atoms with van der Waals surface area (Å²) in [6.45, 7) is 4.51. The first-order valence-corrected chi connectivity index (χ1v) is 13.9. The number of carbonyl (C=O) groups is 3. The maximum absolute atomic E-state index is 13.9. The third-order valence-electron chi connectivity index (χ3n) is 7.38. The molecule has 44 heavy (non-hydrogen) atoms. The van der Waals surface area contributed by atoms with E-state index in [2.05, 4.69) is 5.32 Å². The standard InChI is InChI=1S/C33H30F4N4O3/c1-3-41(4-2)33(44)23-7-8-24(30(39)25(23)17-38)32(43)40-22-15-20(11-18-5-9-26(34)28(36)13-18)31(42)21(16-22)12-19-6-10-27(35)29(37)14-19/h5-14,17,22,38H,3-4,15-16,39H2,1-2H3,(H,40,43)/b20-11+,21-12+,38-17?. The Balaban J connectivity index is 1.69. The number of benzene rings is 3. The molecule has 1 aliphatic rings. The van der Waals surface area contributed by atoms with Gasteiger partial charge in [-0.25, -0.2) is 17.6 Å². The molecule has 0 aromatic heterocycles. The first-order chi connectivity index (χ1) is 21.0. The number of nitrogens with two attached hydrogens (primary N) is 1. The summed E-state index contributed by atoms with van der Waals surface area (Å²) in [6, 6.07) is 8.40. The van der Waals surface area contributed by atoms with Gasteiger partial charge in [-0.05, 0) is 86.4 Å². The largest absolute Gasteiger partial charge is 0.398 e. The minimum absolute atomic E-state index is 0.00812. The number of hydrogen-bond acceptors (Lipinski definition) is 5. The summed E-state index contributed by atoms with van der Waals surface area (Å²) in [5.41, 5.74) is 7.20. The zero-order valence-electron chi connectivity index (χ0n) is 24.0. The Morgan fingerprint density at radius 3 is 1.82 bits per heavy atom. The predicted molar refractivity (Wildman–Crippen MR) is 160 cm³/mol. The number of amides is 2. The van der Waals surface area contributed by atoms with E-state index in [9.17, 15) is 31.9 Å². The Morgan fingerprint density at radius 2 is 1.36 bits per heavy atom. The number of Topliss-reactive ketones (excluding diaryl/α,β-unsaturated/α-hetero) is 1. The number of nitrogens with one attached hydrogen (secondary N) is 2. The molecule has 3 aromatic carbocycles. The highest BCUT2D eigenvalue weighted by Crippen LogP contribution is 2.30. The van der Waals surface area contributed by atoms with Gasteiger partial charge in [-0.3, -0.25) is 14.4 Å². The Labute approximate surface area is 251 Å². The van der Waals surface area contributed by atoms with Crippen LogP contribution in [0.25, 0.3) is 12.2 Å². The van der Waals surface area contributed by atoms with Crippen molar-refractivity contribution in [1.82, 2.24) is 10.2 Å². The van der Waals surface area contributed by atoms with Gasteiger partial charge in [-0.15, -0.1) is 0 Å². The van der Waals surface area contributed by atoms with Crippen molar-refractivity contribution in [3.05, 3.63) is 111 Å². The van der Waals surface area contributed by atoms with Crippen molar-refractivity contribution in [3.63, 3.8) is 0 Å². The van der Waals surface area contributed by atoms with Crippen LogP contribution < -0.4 is 11.1 Å². The number of nitrogen functional groups attached to an aromatic ring is 1. The fourth-order valence-corrected chi connectivity index (χ4v) is 5.07. The zero-order valence-corrected chi connectivity index (χ0v) is 24.0. The lowest BCUT2D eigenvalue weighted by Crippen LogP contribution is -2.40. The molecular formula is C33H30F4N4O3. The van der Waals surface area contributed by atoms with E-state index in [4.69, 9.17) is 11.1 Å². The van der Waals surface area contributed by atoms with E-state index < -0.39 is 41.0 Å². The average Bonchev–Trinajstić information content (AvgIpc) is 2.99. The van der Waals surface area contributed by atoms with E-state index in [1.165, 1.54) is 36.4 Å². The number of halogens is 4. The second-order valence-electron chi connectivity index (χ2n) is 10.2. The summed E-state index contributed by atoms with van der Waals surface area (Å²) in [5, 5.41) is 10.7. The van der Waals surface area contributed by atoms with Crippen molar-refractivity contribution >= 4 is 41.7 Å². The number of nitrogens with zero attached hydrogens (tertiary/aromatic N) is 1. The van der Waals surface area contributed by atoms with Crippen molar-refractivity contribution in [3.8, 4) is 0 Å². The summed E-state index contributed by atoms with van der Waals surface area (Å²) in [6.07, 6.45) is 3.67. The molecule has 0 spiro atoms.